The molecule has 0 radical (unpaired) electrons. The second-order valence-electron chi connectivity index (χ2n) is 7.98. The summed E-state index contributed by atoms with van der Waals surface area (Å²) < 4.78 is 5.41. The number of carbonyl (C=O) groups is 5. The summed E-state index contributed by atoms with van der Waals surface area (Å²) in [5.41, 5.74) is 1.37. The number of Topliss-reactive ketones (excluding diaryl/α,β-unsaturated/α-hetero) is 1. The van der Waals surface area contributed by atoms with Gasteiger partial charge in [0.1, 0.15) is 12.2 Å². The van der Waals surface area contributed by atoms with E-state index in [9.17, 15) is 24.0 Å². The van der Waals surface area contributed by atoms with Crippen molar-refractivity contribution in [3.63, 3.8) is 0 Å². The minimum absolute atomic E-state index is 0.119. The Morgan fingerprint density at radius 2 is 1.59 bits per heavy atom. The maximum Gasteiger partial charge on any atom is 0.236 e. The number of benzene rings is 1. The van der Waals surface area contributed by atoms with Crippen LogP contribution in [0.2, 0.25) is 0 Å². The molecule has 34 heavy (non-hydrogen) atoms. The van der Waals surface area contributed by atoms with Gasteiger partial charge in [-0.3, -0.25) is 19.2 Å². The van der Waals surface area contributed by atoms with Crippen LogP contribution in [0.5, 0.6) is 0 Å². The topological polar surface area (TPSA) is 125 Å². The molecule has 0 saturated carbocycles. The molecule has 4 amide bonds. The number of likely N-dealkylation sites (N-methyl/N-ethyl adjacent to an activating group) is 1. The van der Waals surface area contributed by atoms with Crippen molar-refractivity contribution in [2.45, 2.75) is 39.0 Å². The number of anilines is 1. The average molecular weight is 477 g/mol. The monoisotopic (exact) mass is 476 g/mol. The minimum Gasteiger partial charge on any atom is -0.380 e. The molecular formula is C24H36N4O6. The van der Waals surface area contributed by atoms with E-state index in [4.69, 9.17) is 4.74 Å². The number of nitrogens with one attached hydrogen (secondary N) is 2. The summed E-state index contributed by atoms with van der Waals surface area (Å²) in [7, 11) is 4.75. The van der Waals surface area contributed by atoms with E-state index in [0.29, 0.717) is 38.3 Å². The van der Waals surface area contributed by atoms with Crippen LogP contribution in [-0.2, 0) is 35.1 Å². The first-order valence-corrected chi connectivity index (χ1v) is 11.3. The molecule has 1 rings (SSSR count). The van der Waals surface area contributed by atoms with E-state index in [1.807, 2.05) is 0 Å². The number of nitrogens with zero attached hydrogens (tertiary/aromatic N) is 2. The molecule has 2 N–H and O–H groups in total. The van der Waals surface area contributed by atoms with Crippen LogP contribution in [0.1, 0.15) is 38.2 Å². The summed E-state index contributed by atoms with van der Waals surface area (Å²) in [5.74, 6) is -0.879. The zero-order valence-corrected chi connectivity index (χ0v) is 20.5. The van der Waals surface area contributed by atoms with Crippen LogP contribution in [0.3, 0.4) is 0 Å². The summed E-state index contributed by atoms with van der Waals surface area (Å²) in [6.45, 7) is 2.95. The zero-order chi connectivity index (χ0) is 25.5. The van der Waals surface area contributed by atoms with E-state index >= 15 is 0 Å². The highest BCUT2D eigenvalue weighted by Crippen LogP contribution is 2.15. The Morgan fingerprint density at radius 1 is 0.912 bits per heavy atom. The lowest BCUT2D eigenvalue weighted by molar-refractivity contribution is -0.134. The average Bonchev–Trinajstić information content (AvgIpc) is 2.80. The van der Waals surface area contributed by atoms with Crippen LogP contribution in [0.25, 0.3) is 0 Å². The van der Waals surface area contributed by atoms with E-state index in [0.717, 1.165) is 5.56 Å². The van der Waals surface area contributed by atoms with Crippen molar-refractivity contribution in [2.24, 2.45) is 0 Å². The van der Waals surface area contributed by atoms with Crippen LogP contribution in [0.4, 0.5) is 5.69 Å². The highest BCUT2D eigenvalue weighted by molar-refractivity contribution is 6.04. The summed E-state index contributed by atoms with van der Waals surface area (Å²) >= 11 is 0. The van der Waals surface area contributed by atoms with Gasteiger partial charge >= 0.3 is 0 Å². The van der Waals surface area contributed by atoms with E-state index in [1.165, 1.54) is 16.7 Å². The van der Waals surface area contributed by atoms with Crippen molar-refractivity contribution in [1.29, 1.82) is 0 Å². The first-order valence-electron chi connectivity index (χ1n) is 11.3. The normalized spacial score (nSPS) is 10.4. The Bertz CT molecular complexity index is 840. The van der Waals surface area contributed by atoms with Gasteiger partial charge in [0.2, 0.25) is 23.6 Å². The molecule has 0 atom stereocenters. The van der Waals surface area contributed by atoms with Gasteiger partial charge in [-0.05, 0) is 31.0 Å². The predicted octanol–water partition coefficient (Wildman–Crippen LogP) is 0.679. The van der Waals surface area contributed by atoms with Gasteiger partial charge in [0.25, 0.3) is 0 Å². The molecule has 0 spiro atoms. The van der Waals surface area contributed by atoms with Crippen molar-refractivity contribution in [1.82, 2.24) is 15.5 Å². The number of carbonyl (C=O) groups excluding carboxylic acids is 5. The SMILES string of the molecule is CNC(=O)CCNC(=O)Cc1ccc(N(C)C(=O)CC(=O)N(C)CCOCCCC(C)=O)cc1. The van der Waals surface area contributed by atoms with Crippen molar-refractivity contribution in [3.05, 3.63) is 29.8 Å². The summed E-state index contributed by atoms with van der Waals surface area (Å²) in [6, 6.07) is 6.92. The molecule has 1 aromatic rings. The standard InChI is InChI=1S/C24H36N4O6/c1-18(29)6-5-14-34-15-13-27(3)23(32)17-24(33)28(4)20-9-7-19(8-10-20)16-22(31)26-12-11-21(30)25-2/h7-10H,5-6,11-17H2,1-4H3,(H,25,30)(H,26,31). The first kappa shape index (κ1) is 28.8. The number of rotatable bonds is 15. The summed E-state index contributed by atoms with van der Waals surface area (Å²) in [4.78, 5) is 61.7. The Kier molecular flexibility index (Phi) is 13.2. The molecule has 0 saturated heterocycles. The number of ether oxygens (including phenoxy) is 1. The molecule has 0 unspecified atom stereocenters. The van der Waals surface area contributed by atoms with Crippen LogP contribution < -0.4 is 15.5 Å². The highest BCUT2D eigenvalue weighted by atomic mass is 16.5. The van der Waals surface area contributed by atoms with Crippen molar-refractivity contribution in [2.75, 3.05) is 52.3 Å². The Hall–Kier alpha value is -3.27. The predicted molar refractivity (Wildman–Crippen MR) is 128 cm³/mol. The largest absolute Gasteiger partial charge is 0.380 e. The lowest BCUT2D eigenvalue weighted by Gasteiger charge is -2.21. The van der Waals surface area contributed by atoms with Crippen molar-refractivity contribution < 1.29 is 28.7 Å². The van der Waals surface area contributed by atoms with Crippen LogP contribution in [0, 0.1) is 0 Å². The quantitative estimate of drug-likeness (QED) is 0.283. The molecule has 0 aliphatic carbocycles. The summed E-state index contributed by atoms with van der Waals surface area (Å²) in [6.07, 6.45) is 1.23. The van der Waals surface area contributed by atoms with Gasteiger partial charge in [0.05, 0.1) is 13.0 Å². The molecule has 10 heteroatoms. The molecule has 0 aromatic heterocycles. The van der Waals surface area contributed by atoms with Gasteiger partial charge in [-0.15, -0.1) is 0 Å². The number of ketones is 1. The molecular weight excluding hydrogens is 440 g/mol. The molecule has 0 bridgehead atoms. The van der Waals surface area contributed by atoms with Gasteiger partial charge < -0.3 is 30.0 Å². The van der Waals surface area contributed by atoms with Gasteiger partial charge in [0.15, 0.2) is 0 Å². The first-order chi connectivity index (χ1) is 16.1. The van der Waals surface area contributed by atoms with Crippen LogP contribution in [-0.4, -0.2) is 81.8 Å². The fourth-order valence-electron chi connectivity index (χ4n) is 2.90. The Morgan fingerprint density at radius 3 is 2.21 bits per heavy atom. The third-order valence-corrected chi connectivity index (χ3v) is 5.13. The van der Waals surface area contributed by atoms with E-state index in [1.54, 1.807) is 45.4 Å². The van der Waals surface area contributed by atoms with E-state index in [2.05, 4.69) is 10.6 Å². The molecule has 10 nitrogen and oxygen atoms in total. The third-order valence-electron chi connectivity index (χ3n) is 5.13. The number of amides is 4. The van der Waals surface area contributed by atoms with Crippen molar-refractivity contribution >= 4 is 35.1 Å². The Balaban J connectivity index is 2.41. The smallest absolute Gasteiger partial charge is 0.236 e. The van der Waals surface area contributed by atoms with Crippen LogP contribution >= 0.6 is 0 Å². The molecule has 1 aromatic carbocycles. The zero-order valence-electron chi connectivity index (χ0n) is 20.5. The van der Waals surface area contributed by atoms with E-state index in [-0.39, 0.29) is 55.2 Å². The third kappa shape index (κ3) is 11.6. The van der Waals surface area contributed by atoms with E-state index < -0.39 is 0 Å². The van der Waals surface area contributed by atoms with Crippen molar-refractivity contribution in [3.8, 4) is 0 Å². The van der Waals surface area contributed by atoms with Crippen LogP contribution in [0.15, 0.2) is 24.3 Å². The second-order valence-corrected chi connectivity index (χ2v) is 7.98. The molecule has 0 aliphatic rings. The Labute approximate surface area is 201 Å². The maximum absolute atomic E-state index is 12.5. The maximum atomic E-state index is 12.5. The lowest BCUT2D eigenvalue weighted by atomic mass is 10.1. The molecule has 188 valence electrons. The number of hydrogen-bond donors (Lipinski definition) is 2. The molecule has 0 fully saturated rings. The van der Waals surface area contributed by atoms with Gasteiger partial charge in [-0.1, -0.05) is 12.1 Å². The van der Waals surface area contributed by atoms with Gasteiger partial charge in [0, 0.05) is 59.4 Å². The van der Waals surface area contributed by atoms with Gasteiger partial charge in [-0.25, -0.2) is 0 Å². The van der Waals surface area contributed by atoms with Gasteiger partial charge in [-0.2, -0.15) is 0 Å². The minimum atomic E-state index is -0.348. The fraction of sp³-hybridized carbons (Fsp3) is 0.542. The highest BCUT2D eigenvalue weighted by Gasteiger charge is 2.18. The summed E-state index contributed by atoms with van der Waals surface area (Å²) in [5, 5.41) is 5.17. The fourth-order valence-corrected chi connectivity index (χ4v) is 2.90. The lowest BCUT2D eigenvalue weighted by Crippen LogP contribution is -2.36. The second kappa shape index (κ2) is 15.5. The molecule has 0 heterocycles. The number of hydrogen-bond acceptors (Lipinski definition) is 6. The molecule has 0 aliphatic heterocycles.